The second-order valence-corrected chi connectivity index (χ2v) is 6.09. The van der Waals surface area contributed by atoms with Crippen LogP contribution in [-0.2, 0) is 4.79 Å². The number of amides is 1. The number of carbonyl (C=O) groups excluding carboxylic acids is 1. The van der Waals surface area contributed by atoms with Gasteiger partial charge in [0.05, 0.1) is 6.04 Å². The molecule has 20 heavy (non-hydrogen) atoms. The third-order valence-corrected chi connectivity index (χ3v) is 4.71. The molecule has 0 spiro atoms. The number of thioether (sulfide) groups is 1. The lowest BCUT2D eigenvalue weighted by Gasteiger charge is -2.37. The Morgan fingerprint density at radius 3 is 2.65 bits per heavy atom. The monoisotopic (exact) mass is 293 g/mol. The van der Waals surface area contributed by atoms with E-state index in [0.717, 1.165) is 50.2 Å². The molecule has 1 amide bonds. The fraction of sp³-hybridized carbons (Fsp3) is 0.615. The van der Waals surface area contributed by atoms with Gasteiger partial charge < -0.3 is 15.1 Å². The summed E-state index contributed by atoms with van der Waals surface area (Å²) in [4.78, 5) is 25.0. The molecule has 3 heterocycles. The molecular weight excluding hydrogens is 274 g/mol. The maximum absolute atomic E-state index is 12.4. The van der Waals surface area contributed by atoms with E-state index < -0.39 is 0 Å². The fourth-order valence-electron chi connectivity index (χ4n) is 2.53. The molecule has 0 aromatic carbocycles. The molecule has 0 radical (unpaired) electrons. The molecule has 2 saturated heterocycles. The third kappa shape index (κ3) is 3.04. The Hall–Kier alpha value is -1.34. The van der Waals surface area contributed by atoms with Gasteiger partial charge in [0, 0.05) is 56.6 Å². The Kier molecular flexibility index (Phi) is 4.37. The van der Waals surface area contributed by atoms with E-state index in [2.05, 4.69) is 20.2 Å². The molecule has 7 heteroatoms. The lowest BCUT2D eigenvalue weighted by Crippen LogP contribution is -2.56. The number of rotatable bonds is 2. The molecule has 3 rings (SSSR count). The highest BCUT2D eigenvalue weighted by Crippen LogP contribution is 2.13. The van der Waals surface area contributed by atoms with Crippen LogP contribution in [0.25, 0.3) is 0 Å². The van der Waals surface area contributed by atoms with Crippen LogP contribution in [0.2, 0.25) is 0 Å². The Morgan fingerprint density at radius 2 is 2.00 bits per heavy atom. The van der Waals surface area contributed by atoms with Gasteiger partial charge in [-0.3, -0.25) is 4.79 Å². The summed E-state index contributed by atoms with van der Waals surface area (Å²) in [5, 5.41) is 3.31. The molecule has 1 aromatic rings. The van der Waals surface area contributed by atoms with Crippen LogP contribution in [0.5, 0.6) is 0 Å². The van der Waals surface area contributed by atoms with Gasteiger partial charge in [-0.05, 0) is 6.07 Å². The standard InChI is InChI=1S/C13H19N5OS/c19-12(11-10-20-9-4-14-11)17-5-7-18(8-6-17)13-15-2-1-3-16-13/h1-3,11,14H,4-10H2. The predicted octanol–water partition coefficient (Wildman–Crippen LogP) is -0.170. The highest BCUT2D eigenvalue weighted by Gasteiger charge is 2.28. The minimum atomic E-state index is -0.00623. The van der Waals surface area contributed by atoms with Crippen LogP contribution in [0.3, 0.4) is 0 Å². The molecule has 1 aromatic heterocycles. The molecule has 2 fully saturated rings. The van der Waals surface area contributed by atoms with E-state index in [4.69, 9.17) is 0 Å². The summed E-state index contributed by atoms with van der Waals surface area (Å²) in [5.41, 5.74) is 0. The number of aromatic nitrogens is 2. The van der Waals surface area contributed by atoms with Gasteiger partial charge in [-0.2, -0.15) is 11.8 Å². The smallest absolute Gasteiger partial charge is 0.240 e. The molecule has 6 nitrogen and oxygen atoms in total. The highest BCUT2D eigenvalue weighted by atomic mass is 32.2. The predicted molar refractivity (Wildman–Crippen MR) is 79.9 cm³/mol. The first-order valence-electron chi connectivity index (χ1n) is 6.96. The normalized spacial score (nSPS) is 23.7. The van der Waals surface area contributed by atoms with Crippen LogP contribution < -0.4 is 10.2 Å². The number of hydrogen-bond donors (Lipinski definition) is 1. The molecule has 0 bridgehead atoms. The van der Waals surface area contributed by atoms with Crippen LogP contribution in [0.4, 0.5) is 5.95 Å². The first-order chi connectivity index (χ1) is 9.84. The minimum Gasteiger partial charge on any atom is -0.338 e. The summed E-state index contributed by atoms with van der Waals surface area (Å²) in [7, 11) is 0. The number of anilines is 1. The zero-order chi connectivity index (χ0) is 13.8. The van der Waals surface area contributed by atoms with Crippen LogP contribution in [0.15, 0.2) is 18.5 Å². The quantitative estimate of drug-likeness (QED) is 0.817. The lowest BCUT2D eigenvalue weighted by atomic mass is 10.2. The zero-order valence-corrected chi connectivity index (χ0v) is 12.2. The van der Waals surface area contributed by atoms with Crippen molar-refractivity contribution in [2.24, 2.45) is 0 Å². The Labute approximate surface area is 122 Å². The molecule has 0 saturated carbocycles. The largest absolute Gasteiger partial charge is 0.338 e. The SMILES string of the molecule is O=C(C1CSCCN1)N1CCN(c2ncccn2)CC1. The van der Waals surface area contributed by atoms with Gasteiger partial charge in [0.25, 0.3) is 0 Å². The van der Waals surface area contributed by atoms with Crippen molar-refractivity contribution in [2.75, 3.05) is 49.1 Å². The Balaban J connectivity index is 1.54. The topological polar surface area (TPSA) is 61.4 Å². The molecule has 2 aliphatic heterocycles. The van der Waals surface area contributed by atoms with E-state index in [9.17, 15) is 4.79 Å². The average molecular weight is 293 g/mol. The third-order valence-electron chi connectivity index (χ3n) is 3.65. The van der Waals surface area contributed by atoms with Gasteiger partial charge >= 0.3 is 0 Å². The number of carbonyl (C=O) groups is 1. The van der Waals surface area contributed by atoms with Gasteiger partial charge in [0.2, 0.25) is 11.9 Å². The van der Waals surface area contributed by atoms with Crippen LogP contribution in [0.1, 0.15) is 0 Å². The summed E-state index contributed by atoms with van der Waals surface area (Å²) in [6.07, 6.45) is 3.51. The number of nitrogens with one attached hydrogen (secondary N) is 1. The highest BCUT2D eigenvalue weighted by molar-refractivity contribution is 7.99. The average Bonchev–Trinajstić information content (AvgIpc) is 2.56. The molecule has 1 atom stereocenters. The van der Waals surface area contributed by atoms with E-state index in [1.807, 2.05) is 22.7 Å². The van der Waals surface area contributed by atoms with Crippen molar-refractivity contribution < 1.29 is 4.79 Å². The van der Waals surface area contributed by atoms with Gasteiger partial charge in [-0.1, -0.05) is 0 Å². The van der Waals surface area contributed by atoms with E-state index >= 15 is 0 Å². The van der Waals surface area contributed by atoms with Crippen molar-refractivity contribution in [3.63, 3.8) is 0 Å². The van der Waals surface area contributed by atoms with Crippen LogP contribution in [-0.4, -0.2) is 71.0 Å². The van der Waals surface area contributed by atoms with Crippen molar-refractivity contribution in [3.05, 3.63) is 18.5 Å². The zero-order valence-electron chi connectivity index (χ0n) is 11.4. The van der Waals surface area contributed by atoms with Crippen molar-refractivity contribution in [3.8, 4) is 0 Å². The van der Waals surface area contributed by atoms with E-state index in [1.165, 1.54) is 0 Å². The maximum atomic E-state index is 12.4. The second-order valence-electron chi connectivity index (χ2n) is 4.94. The number of piperazine rings is 1. The van der Waals surface area contributed by atoms with Gasteiger partial charge in [-0.25, -0.2) is 9.97 Å². The van der Waals surface area contributed by atoms with Gasteiger partial charge in [0.15, 0.2) is 0 Å². The molecular formula is C13H19N5OS. The maximum Gasteiger partial charge on any atom is 0.240 e. The first kappa shape index (κ1) is 13.6. The molecule has 0 aliphatic carbocycles. The van der Waals surface area contributed by atoms with E-state index in [-0.39, 0.29) is 11.9 Å². The summed E-state index contributed by atoms with van der Waals surface area (Å²) >= 11 is 1.85. The second kappa shape index (κ2) is 6.41. The van der Waals surface area contributed by atoms with E-state index in [1.54, 1.807) is 12.4 Å². The molecule has 2 aliphatic rings. The van der Waals surface area contributed by atoms with Crippen molar-refractivity contribution in [1.82, 2.24) is 20.2 Å². The van der Waals surface area contributed by atoms with Crippen molar-refractivity contribution >= 4 is 23.6 Å². The van der Waals surface area contributed by atoms with Gasteiger partial charge in [0.1, 0.15) is 0 Å². The molecule has 1 unspecified atom stereocenters. The van der Waals surface area contributed by atoms with Crippen molar-refractivity contribution in [1.29, 1.82) is 0 Å². The lowest BCUT2D eigenvalue weighted by molar-refractivity contribution is -0.133. The fourth-order valence-corrected chi connectivity index (χ4v) is 3.45. The molecule has 108 valence electrons. The van der Waals surface area contributed by atoms with Gasteiger partial charge in [-0.15, -0.1) is 0 Å². The molecule has 1 N–H and O–H groups in total. The van der Waals surface area contributed by atoms with Crippen LogP contribution in [0, 0.1) is 0 Å². The Bertz CT molecular complexity index is 443. The number of hydrogen-bond acceptors (Lipinski definition) is 6. The summed E-state index contributed by atoms with van der Waals surface area (Å²) in [6.45, 7) is 4.03. The summed E-state index contributed by atoms with van der Waals surface area (Å²) in [5.74, 6) is 2.99. The first-order valence-corrected chi connectivity index (χ1v) is 8.12. The van der Waals surface area contributed by atoms with Crippen molar-refractivity contribution in [2.45, 2.75) is 6.04 Å². The summed E-state index contributed by atoms with van der Waals surface area (Å²) < 4.78 is 0. The van der Waals surface area contributed by atoms with Crippen LogP contribution >= 0.6 is 11.8 Å². The summed E-state index contributed by atoms with van der Waals surface area (Å²) in [6, 6.07) is 1.81. The Morgan fingerprint density at radius 1 is 1.25 bits per heavy atom. The van der Waals surface area contributed by atoms with E-state index in [0.29, 0.717) is 0 Å². The number of nitrogens with zero attached hydrogens (tertiary/aromatic N) is 4. The minimum absolute atomic E-state index is 0.00623.